The Labute approximate surface area is 407 Å². The van der Waals surface area contributed by atoms with Crippen molar-refractivity contribution in [1.29, 1.82) is 5.26 Å². The van der Waals surface area contributed by atoms with E-state index >= 15 is 26.3 Å². The highest BCUT2D eigenvalue weighted by atomic mass is 19.4. The SMILES string of the molecule is N#Cc1cc(-n2c3ccccc3c3ccc(-c4ccnc(-c5ccccc5)c4)cc32)c(-c2c(C(F)(F)F)cccc2C(F)(F)F)c(-n2c3ccccc3c3ccc(-c4ccnc(-c5ccccc5)c4)cc32)c1. The molecule has 0 aliphatic rings. The van der Waals surface area contributed by atoms with Gasteiger partial charge in [0.25, 0.3) is 0 Å². The van der Waals surface area contributed by atoms with Crippen molar-refractivity contribution in [3.63, 3.8) is 0 Å². The minimum atomic E-state index is -5.25. The van der Waals surface area contributed by atoms with Crippen LogP contribution in [0.4, 0.5) is 26.3 Å². The van der Waals surface area contributed by atoms with Gasteiger partial charge in [0.1, 0.15) is 0 Å². The van der Waals surface area contributed by atoms with Crippen molar-refractivity contribution in [3.8, 4) is 73.3 Å². The molecule has 0 radical (unpaired) electrons. The first-order valence-electron chi connectivity index (χ1n) is 22.9. The van der Waals surface area contributed by atoms with Crippen LogP contribution in [0.3, 0.4) is 0 Å². The lowest BCUT2D eigenvalue weighted by atomic mass is 9.89. The van der Waals surface area contributed by atoms with Crippen LogP contribution in [0, 0.1) is 11.3 Å². The van der Waals surface area contributed by atoms with Crippen molar-refractivity contribution in [2.45, 2.75) is 12.4 Å². The number of pyridine rings is 2. The lowest BCUT2D eigenvalue weighted by Gasteiger charge is -2.25. The van der Waals surface area contributed by atoms with Crippen molar-refractivity contribution in [1.82, 2.24) is 19.1 Å². The zero-order chi connectivity index (χ0) is 49.3. The standard InChI is InChI=1S/C61H35F6N5/c62-60(63,64)48-18-11-19-49(61(65,66)67)58(48)59-56(71-52-20-9-7-16-44(52)46-24-22-40(34-54(46)71)42-26-28-69-50(32-42)38-12-3-1-4-13-38)30-37(36-68)31-57(59)72-53-21-10-8-17-45(53)47-25-23-41(35-55(47)72)43-27-29-70-51(33-43)39-14-5-2-6-15-39/h1-35H. The summed E-state index contributed by atoms with van der Waals surface area (Å²) < 4.78 is 97.9. The van der Waals surface area contributed by atoms with E-state index < -0.39 is 29.0 Å². The predicted octanol–water partition coefficient (Wildman–Crippen LogP) is 16.9. The lowest BCUT2D eigenvalue weighted by Crippen LogP contribution is -2.16. The topological polar surface area (TPSA) is 59.4 Å². The number of benzene rings is 8. The summed E-state index contributed by atoms with van der Waals surface area (Å²) in [5.41, 5.74) is 3.66. The number of rotatable bonds is 7. The number of halogens is 6. The van der Waals surface area contributed by atoms with Crippen molar-refractivity contribution >= 4 is 43.6 Å². The summed E-state index contributed by atoms with van der Waals surface area (Å²) in [4.78, 5) is 9.22. The van der Waals surface area contributed by atoms with Crippen molar-refractivity contribution in [2.24, 2.45) is 0 Å². The molecular weight excluding hydrogens is 917 g/mol. The van der Waals surface area contributed by atoms with E-state index in [1.807, 2.05) is 146 Å². The highest BCUT2D eigenvalue weighted by Gasteiger charge is 2.43. The Balaban J connectivity index is 1.22. The third kappa shape index (κ3) is 7.43. The van der Waals surface area contributed by atoms with E-state index in [-0.39, 0.29) is 22.5 Å². The normalized spacial score (nSPS) is 12.0. The minimum absolute atomic E-state index is 0.00856. The number of nitriles is 1. The molecule has 4 aromatic heterocycles. The number of para-hydroxylation sites is 2. The maximum absolute atomic E-state index is 15.8. The Bertz CT molecular complexity index is 3890. The Morgan fingerprint density at radius 2 is 0.764 bits per heavy atom. The average Bonchev–Trinajstić information content (AvgIpc) is 3.92. The molecule has 0 fully saturated rings. The van der Waals surface area contributed by atoms with Gasteiger partial charge in [-0.05, 0) is 95.1 Å². The quantitative estimate of drug-likeness (QED) is 0.150. The van der Waals surface area contributed by atoms with Gasteiger partial charge in [-0.2, -0.15) is 31.6 Å². The Kier molecular flexibility index (Phi) is 10.4. The molecule has 72 heavy (non-hydrogen) atoms. The molecule has 5 nitrogen and oxygen atoms in total. The van der Waals surface area contributed by atoms with Gasteiger partial charge in [-0.25, -0.2) is 0 Å². The molecule has 0 saturated heterocycles. The van der Waals surface area contributed by atoms with E-state index in [9.17, 15) is 5.26 Å². The predicted molar refractivity (Wildman–Crippen MR) is 273 cm³/mol. The van der Waals surface area contributed by atoms with Crippen LogP contribution in [0.2, 0.25) is 0 Å². The van der Waals surface area contributed by atoms with Crippen LogP contribution in [0.5, 0.6) is 0 Å². The summed E-state index contributed by atoms with van der Waals surface area (Å²) in [5.74, 6) is 0. The Hall–Kier alpha value is -9.27. The van der Waals surface area contributed by atoms with Crippen LogP contribution in [0.25, 0.3) is 111 Å². The fraction of sp³-hybridized carbons (Fsp3) is 0.0328. The maximum atomic E-state index is 15.8. The van der Waals surface area contributed by atoms with Gasteiger partial charge in [0.05, 0.1) is 67.6 Å². The molecular formula is C61H35F6N5. The van der Waals surface area contributed by atoms with Gasteiger partial charge in [-0.1, -0.05) is 127 Å². The third-order valence-corrected chi connectivity index (χ3v) is 13.3. The highest BCUT2D eigenvalue weighted by molar-refractivity contribution is 6.13. The molecule has 346 valence electrons. The second-order valence-corrected chi connectivity index (χ2v) is 17.5. The van der Waals surface area contributed by atoms with E-state index in [0.29, 0.717) is 67.1 Å². The van der Waals surface area contributed by atoms with Crippen LogP contribution in [0.15, 0.2) is 213 Å². The minimum Gasteiger partial charge on any atom is -0.308 e. The van der Waals surface area contributed by atoms with Gasteiger partial charge in [0, 0.05) is 56.2 Å². The van der Waals surface area contributed by atoms with Gasteiger partial charge >= 0.3 is 12.4 Å². The molecule has 8 aromatic carbocycles. The molecule has 0 atom stereocenters. The summed E-state index contributed by atoms with van der Waals surface area (Å²) in [6.45, 7) is 0. The molecule has 0 unspecified atom stereocenters. The fourth-order valence-corrected chi connectivity index (χ4v) is 10.2. The zero-order valence-electron chi connectivity index (χ0n) is 37.7. The highest BCUT2D eigenvalue weighted by Crippen LogP contribution is 2.51. The molecule has 12 rings (SSSR count). The summed E-state index contributed by atoms with van der Waals surface area (Å²) in [6.07, 6.45) is -7.12. The van der Waals surface area contributed by atoms with Gasteiger partial charge in [-0.3, -0.25) is 9.97 Å². The number of hydrogen-bond donors (Lipinski definition) is 0. The molecule has 0 N–H and O–H groups in total. The lowest BCUT2D eigenvalue weighted by molar-refractivity contribution is -0.142. The van der Waals surface area contributed by atoms with Crippen LogP contribution < -0.4 is 0 Å². The van der Waals surface area contributed by atoms with E-state index in [1.54, 1.807) is 45.8 Å². The summed E-state index contributed by atoms with van der Waals surface area (Å²) in [7, 11) is 0. The monoisotopic (exact) mass is 951 g/mol. The average molecular weight is 952 g/mol. The van der Waals surface area contributed by atoms with Gasteiger partial charge in [0.2, 0.25) is 0 Å². The third-order valence-electron chi connectivity index (χ3n) is 13.3. The number of alkyl halides is 6. The summed E-state index contributed by atoms with van der Waals surface area (Å²) in [6, 6.07) is 59.9. The molecule has 0 bridgehead atoms. The van der Waals surface area contributed by atoms with Crippen molar-refractivity contribution in [3.05, 3.63) is 229 Å². The van der Waals surface area contributed by atoms with E-state index in [1.165, 1.54) is 12.1 Å². The zero-order valence-corrected chi connectivity index (χ0v) is 37.7. The molecule has 0 spiro atoms. The van der Waals surface area contributed by atoms with Crippen molar-refractivity contribution in [2.75, 3.05) is 0 Å². The Morgan fingerprint density at radius 1 is 0.361 bits per heavy atom. The molecule has 0 aliphatic heterocycles. The first-order valence-corrected chi connectivity index (χ1v) is 22.9. The van der Waals surface area contributed by atoms with Crippen LogP contribution >= 0.6 is 0 Å². The number of nitrogens with zero attached hydrogens (tertiary/aromatic N) is 5. The smallest absolute Gasteiger partial charge is 0.308 e. The number of fused-ring (bicyclic) bond motifs is 6. The summed E-state index contributed by atoms with van der Waals surface area (Å²) >= 11 is 0. The van der Waals surface area contributed by atoms with Gasteiger partial charge < -0.3 is 9.13 Å². The number of aromatic nitrogens is 4. The molecule has 0 aliphatic carbocycles. The van der Waals surface area contributed by atoms with Gasteiger partial charge in [-0.15, -0.1) is 0 Å². The number of hydrogen-bond acceptors (Lipinski definition) is 3. The van der Waals surface area contributed by atoms with Crippen LogP contribution in [0.1, 0.15) is 16.7 Å². The van der Waals surface area contributed by atoms with E-state index in [0.717, 1.165) is 39.4 Å². The van der Waals surface area contributed by atoms with Gasteiger partial charge in [0.15, 0.2) is 0 Å². The van der Waals surface area contributed by atoms with Crippen LogP contribution in [-0.4, -0.2) is 19.1 Å². The molecule has 11 heteroatoms. The Morgan fingerprint density at radius 3 is 1.19 bits per heavy atom. The second kappa shape index (κ2) is 17.0. The maximum Gasteiger partial charge on any atom is 0.417 e. The molecule has 12 aromatic rings. The largest absolute Gasteiger partial charge is 0.417 e. The van der Waals surface area contributed by atoms with E-state index in [4.69, 9.17) is 0 Å². The molecule has 0 amide bonds. The first-order chi connectivity index (χ1) is 34.9. The fourth-order valence-electron chi connectivity index (χ4n) is 10.2. The first kappa shape index (κ1) is 44.0. The van der Waals surface area contributed by atoms with E-state index in [2.05, 4.69) is 16.0 Å². The van der Waals surface area contributed by atoms with Crippen molar-refractivity contribution < 1.29 is 26.3 Å². The second-order valence-electron chi connectivity index (χ2n) is 17.5. The molecule has 0 saturated carbocycles. The summed E-state index contributed by atoms with van der Waals surface area (Å²) in [5, 5.41) is 13.7. The van der Waals surface area contributed by atoms with Crippen LogP contribution in [-0.2, 0) is 12.4 Å². The molecule has 4 heterocycles.